The molecule has 0 aromatic heterocycles. The SMILES string of the molecule is CCCC1SCC(C(=O)O)N1C(=O)C1CCS(=O)(=O)C1. The van der Waals surface area contributed by atoms with Crippen molar-refractivity contribution in [2.24, 2.45) is 5.92 Å². The molecule has 1 amide bonds. The topological polar surface area (TPSA) is 91.8 Å². The number of nitrogens with zero attached hydrogens (tertiary/aromatic N) is 1. The molecule has 8 heteroatoms. The van der Waals surface area contributed by atoms with Crippen molar-refractivity contribution in [2.45, 2.75) is 37.6 Å². The molecule has 0 radical (unpaired) electrons. The number of rotatable bonds is 4. The first-order valence-electron chi connectivity index (χ1n) is 6.72. The lowest BCUT2D eigenvalue weighted by atomic mass is 10.1. The zero-order chi connectivity index (χ0) is 14.9. The number of carbonyl (C=O) groups excluding carboxylic acids is 1. The van der Waals surface area contributed by atoms with E-state index in [4.69, 9.17) is 0 Å². The number of thioether (sulfide) groups is 1. The largest absolute Gasteiger partial charge is 0.480 e. The summed E-state index contributed by atoms with van der Waals surface area (Å²) in [6.07, 6.45) is 1.91. The lowest BCUT2D eigenvalue weighted by Gasteiger charge is -2.29. The molecule has 1 N–H and O–H groups in total. The quantitative estimate of drug-likeness (QED) is 0.814. The highest BCUT2D eigenvalue weighted by Gasteiger charge is 2.45. The average Bonchev–Trinajstić information content (AvgIpc) is 2.92. The maximum absolute atomic E-state index is 12.5. The van der Waals surface area contributed by atoms with E-state index in [2.05, 4.69) is 0 Å². The third kappa shape index (κ3) is 3.11. The molecule has 0 aliphatic carbocycles. The van der Waals surface area contributed by atoms with E-state index >= 15 is 0 Å². The van der Waals surface area contributed by atoms with Gasteiger partial charge in [-0.25, -0.2) is 13.2 Å². The summed E-state index contributed by atoms with van der Waals surface area (Å²) in [5.41, 5.74) is 0. The molecule has 3 atom stereocenters. The number of carboxylic acid groups (broad SMARTS) is 1. The molecular formula is C12H19NO5S2. The molecule has 2 aliphatic heterocycles. The van der Waals surface area contributed by atoms with Crippen LogP contribution in [0.2, 0.25) is 0 Å². The molecule has 0 aromatic rings. The fourth-order valence-corrected chi connectivity index (χ4v) is 5.97. The molecular weight excluding hydrogens is 302 g/mol. The molecule has 114 valence electrons. The minimum Gasteiger partial charge on any atom is -0.480 e. The van der Waals surface area contributed by atoms with Crippen LogP contribution in [0.1, 0.15) is 26.2 Å². The third-order valence-electron chi connectivity index (χ3n) is 3.75. The summed E-state index contributed by atoms with van der Waals surface area (Å²) in [5.74, 6) is -1.61. The fourth-order valence-electron chi connectivity index (χ4n) is 2.72. The summed E-state index contributed by atoms with van der Waals surface area (Å²) in [5, 5.41) is 9.10. The first kappa shape index (κ1) is 15.6. The van der Waals surface area contributed by atoms with E-state index < -0.39 is 27.8 Å². The van der Waals surface area contributed by atoms with Crippen molar-refractivity contribution in [1.82, 2.24) is 4.90 Å². The maximum atomic E-state index is 12.5. The summed E-state index contributed by atoms with van der Waals surface area (Å²) in [6, 6.07) is -0.827. The summed E-state index contributed by atoms with van der Waals surface area (Å²) < 4.78 is 23.0. The number of carbonyl (C=O) groups is 2. The minimum atomic E-state index is -3.14. The Kier molecular flexibility index (Phi) is 4.63. The predicted molar refractivity (Wildman–Crippen MR) is 76.2 cm³/mol. The second-order valence-corrected chi connectivity index (χ2v) is 8.72. The first-order chi connectivity index (χ1) is 9.35. The van der Waals surface area contributed by atoms with Gasteiger partial charge < -0.3 is 10.0 Å². The van der Waals surface area contributed by atoms with E-state index in [0.29, 0.717) is 12.2 Å². The van der Waals surface area contributed by atoms with E-state index in [1.165, 1.54) is 16.7 Å². The van der Waals surface area contributed by atoms with Crippen LogP contribution >= 0.6 is 11.8 Å². The summed E-state index contributed by atoms with van der Waals surface area (Å²) in [4.78, 5) is 25.2. The number of amides is 1. The summed E-state index contributed by atoms with van der Waals surface area (Å²) in [7, 11) is -3.14. The number of aliphatic carboxylic acids is 1. The Morgan fingerprint density at radius 2 is 2.10 bits per heavy atom. The van der Waals surface area contributed by atoms with Crippen molar-refractivity contribution in [3.8, 4) is 0 Å². The van der Waals surface area contributed by atoms with Crippen LogP contribution in [-0.2, 0) is 19.4 Å². The van der Waals surface area contributed by atoms with Crippen LogP contribution < -0.4 is 0 Å². The predicted octanol–water partition coefficient (Wildman–Crippen LogP) is 0.576. The first-order valence-corrected chi connectivity index (χ1v) is 9.59. The van der Waals surface area contributed by atoms with Gasteiger partial charge in [-0.2, -0.15) is 0 Å². The van der Waals surface area contributed by atoms with E-state index in [0.717, 1.165) is 12.8 Å². The second kappa shape index (κ2) is 5.93. The highest BCUT2D eigenvalue weighted by Crippen LogP contribution is 2.35. The lowest BCUT2D eigenvalue weighted by Crippen LogP contribution is -2.48. The van der Waals surface area contributed by atoms with Crippen molar-refractivity contribution in [3.63, 3.8) is 0 Å². The van der Waals surface area contributed by atoms with Gasteiger partial charge in [0.25, 0.3) is 0 Å². The van der Waals surface area contributed by atoms with Crippen LogP contribution in [0.25, 0.3) is 0 Å². The standard InChI is InChI=1S/C12H19NO5S2/c1-2-3-10-13(9(6-19-10)12(15)16)11(14)8-4-5-20(17,18)7-8/h8-10H,2-7H2,1H3,(H,15,16). The van der Waals surface area contributed by atoms with E-state index in [9.17, 15) is 23.1 Å². The Morgan fingerprint density at radius 3 is 2.60 bits per heavy atom. The summed E-state index contributed by atoms with van der Waals surface area (Å²) in [6.45, 7) is 1.98. The Bertz CT molecular complexity index is 504. The minimum absolute atomic E-state index is 0.0283. The summed E-state index contributed by atoms with van der Waals surface area (Å²) >= 11 is 1.47. The van der Waals surface area contributed by atoms with Gasteiger partial charge in [-0.1, -0.05) is 13.3 Å². The third-order valence-corrected chi connectivity index (χ3v) is 6.87. The Balaban J connectivity index is 2.17. The van der Waals surface area contributed by atoms with Gasteiger partial charge in [0.05, 0.1) is 22.8 Å². The molecule has 0 aromatic carbocycles. The number of hydrogen-bond acceptors (Lipinski definition) is 5. The van der Waals surface area contributed by atoms with Gasteiger partial charge >= 0.3 is 5.97 Å². The van der Waals surface area contributed by atoms with Crippen LogP contribution in [0, 0.1) is 5.92 Å². The highest BCUT2D eigenvalue weighted by atomic mass is 32.2. The van der Waals surface area contributed by atoms with Crippen LogP contribution in [0.15, 0.2) is 0 Å². The van der Waals surface area contributed by atoms with Gasteiger partial charge in [-0.15, -0.1) is 11.8 Å². The molecule has 0 spiro atoms. The molecule has 0 saturated carbocycles. The highest BCUT2D eigenvalue weighted by molar-refractivity contribution is 8.00. The van der Waals surface area contributed by atoms with Crippen LogP contribution in [-0.4, -0.2) is 59.0 Å². The van der Waals surface area contributed by atoms with Gasteiger partial charge in [0.2, 0.25) is 5.91 Å². The molecule has 2 rings (SSSR count). The van der Waals surface area contributed by atoms with E-state index in [1.807, 2.05) is 6.92 Å². The van der Waals surface area contributed by atoms with Crippen molar-refractivity contribution in [2.75, 3.05) is 17.3 Å². The molecule has 2 aliphatic rings. The van der Waals surface area contributed by atoms with Gasteiger partial charge in [0.1, 0.15) is 6.04 Å². The van der Waals surface area contributed by atoms with Gasteiger partial charge in [-0.3, -0.25) is 4.79 Å². The van der Waals surface area contributed by atoms with Crippen molar-refractivity contribution in [3.05, 3.63) is 0 Å². The van der Waals surface area contributed by atoms with Crippen LogP contribution in [0.4, 0.5) is 0 Å². The van der Waals surface area contributed by atoms with Crippen molar-refractivity contribution in [1.29, 1.82) is 0 Å². The van der Waals surface area contributed by atoms with Gasteiger partial charge in [0.15, 0.2) is 9.84 Å². The van der Waals surface area contributed by atoms with Gasteiger partial charge in [-0.05, 0) is 12.8 Å². The molecule has 3 unspecified atom stereocenters. The normalized spacial score (nSPS) is 32.5. The number of hydrogen-bond donors (Lipinski definition) is 1. The molecule has 2 fully saturated rings. The van der Waals surface area contributed by atoms with E-state index in [-0.39, 0.29) is 22.8 Å². The fraction of sp³-hybridized carbons (Fsp3) is 0.833. The molecule has 20 heavy (non-hydrogen) atoms. The number of carboxylic acids is 1. The maximum Gasteiger partial charge on any atom is 0.327 e. The zero-order valence-electron chi connectivity index (χ0n) is 11.3. The second-order valence-electron chi connectivity index (χ2n) is 5.28. The molecule has 2 saturated heterocycles. The zero-order valence-corrected chi connectivity index (χ0v) is 13.0. The molecule has 6 nitrogen and oxygen atoms in total. The van der Waals surface area contributed by atoms with Crippen molar-refractivity contribution >= 4 is 33.5 Å². The molecule has 2 heterocycles. The van der Waals surface area contributed by atoms with Crippen LogP contribution in [0.5, 0.6) is 0 Å². The Labute approximate surface area is 122 Å². The van der Waals surface area contributed by atoms with Crippen LogP contribution in [0.3, 0.4) is 0 Å². The van der Waals surface area contributed by atoms with E-state index in [1.54, 1.807) is 0 Å². The van der Waals surface area contributed by atoms with Gasteiger partial charge in [0, 0.05) is 5.75 Å². The Hall–Kier alpha value is -0.760. The van der Waals surface area contributed by atoms with Crippen molar-refractivity contribution < 1.29 is 23.1 Å². The smallest absolute Gasteiger partial charge is 0.327 e. The average molecular weight is 321 g/mol. The number of sulfone groups is 1. The Morgan fingerprint density at radius 1 is 1.40 bits per heavy atom. The molecule has 0 bridgehead atoms. The monoisotopic (exact) mass is 321 g/mol. The lowest BCUT2D eigenvalue weighted by molar-refractivity contribution is -0.150.